The van der Waals surface area contributed by atoms with E-state index >= 15 is 0 Å². The summed E-state index contributed by atoms with van der Waals surface area (Å²) in [6, 6.07) is 7.73. The van der Waals surface area contributed by atoms with E-state index in [-0.39, 0.29) is 30.6 Å². The molecular formula is C20H30N2O4. The number of carbonyl (C=O) groups excluding carboxylic acids is 1. The molecule has 1 amide bonds. The SMILES string of the molecule is COc1ccc(CC(=O)N2CC[C@@]3(CO)CCCN(CCO)[C@@H]3C2)cc1. The van der Waals surface area contributed by atoms with Crippen molar-refractivity contribution in [1.29, 1.82) is 0 Å². The van der Waals surface area contributed by atoms with Crippen molar-refractivity contribution >= 4 is 5.91 Å². The third-order valence-electron chi connectivity index (χ3n) is 6.11. The minimum absolute atomic E-state index is 0.109. The fraction of sp³-hybridized carbons (Fsp3) is 0.650. The first-order valence-electron chi connectivity index (χ1n) is 9.48. The van der Waals surface area contributed by atoms with Crippen LogP contribution < -0.4 is 4.74 Å². The lowest BCUT2D eigenvalue weighted by molar-refractivity contribution is -0.140. The van der Waals surface area contributed by atoms with Gasteiger partial charge in [0.05, 0.1) is 26.7 Å². The number of piperidine rings is 2. The summed E-state index contributed by atoms with van der Waals surface area (Å²) in [5, 5.41) is 19.5. The number of nitrogens with zero attached hydrogens (tertiary/aromatic N) is 2. The predicted molar refractivity (Wildman–Crippen MR) is 99.1 cm³/mol. The summed E-state index contributed by atoms with van der Waals surface area (Å²) in [5.41, 5.74) is 0.843. The number of ether oxygens (including phenoxy) is 1. The molecule has 26 heavy (non-hydrogen) atoms. The number of fused-ring (bicyclic) bond motifs is 1. The smallest absolute Gasteiger partial charge is 0.227 e. The van der Waals surface area contributed by atoms with Gasteiger partial charge in [-0.2, -0.15) is 0 Å². The quantitative estimate of drug-likeness (QED) is 0.787. The Bertz CT molecular complexity index is 604. The van der Waals surface area contributed by atoms with Crippen molar-refractivity contribution in [3.05, 3.63) is 29.8 Å². The van der Waals surface area contributed by atoms with Crippen LogP contribution in [0.2, 0.25) is 0 Å². The lowest BCUT2D eigenvalue weighted by Crippen LogP contribution is -2.63. The van der Waals surface area contributed by atoms with Crippen LogP contribution in [0.25, 0.3) is 0 Å². The van der Waals surface area contributed by atoms with Crippen LogP contribution in [0.1, 0.15) is 24.8 Å². The molecule has 0 spiro atoms. The number of hydrogen-bond acceptors (Lipinski definition) is 5. The molecule has 0 radical (unpaired) electrons. The second-order valence-electron chi connectivity index (χ2n) is 7.51. The van der Waals surface area contributed by atoms with Crippen LogP contribution in [0.15, 0.2) is 24.3 Å². The number of likely N-dealkylation sites (tertiary alicyclic amines) is 2. The minimum Gasteiger partial charge on any atom is -0.497 e. The summed E-state index contributed by atoms with van der Waals surface area (Å²) in [5.74, 6) is 0.907. The summed E-state index contributed by atoms with van der Waals surface area (Å²) in [7, 11) is 1.63. The Morgan fingerprint density at radius 1 is 1.23 bits per heavy atom. The molecule has 6 nitrogen and oxygen atoms in total. The van der Waals surface area contributed by atoms with E-state index in [4.69, 9.17) is 4.74 Å². The molecule has 2 heterocycles. The molecule has 2 saturated heterocycles. The Kier molecular flexibility index (Phi) is 6.16. The van der Waals surface area contributed by atoms with Gasteiger partial charge in [0.2, 0.25) is 5.91 Å². The molecule has 1 aromatic carbocycles. The molecule has 2 fully saturated rings. The van der Waals surface area contributed by atoms with Crippen LogP contribution in [0, 0.1) is 5.41 Å². The first kappa shape index (κ1) is 19.1. The van der Waals surface area contributed by atoms with Gasteiger partial charge in [-0.15, -0.1) is 0 Å². The van der Waals surface area contributed by atoms with Gasteiger partial charge < -0.3 is 19.8 Å². The van der Waals surface area contributed by atoms with Gasteiger partial charge in [-0.1, -0.05) is 12.1 Å². The highest BCUT2D eigenvalue weighted by atomic mass is 16.5. The number of carbonyl (C=O) groups is 1. The van der Waals surface area contributed by atoms with Crippen molar-refractivity contribution in [3.8, 4) is 5.75 Å². The van der Waals surface area contributed by atoms with Crippen LogP contribution in [0.4, 0.5) is 0 Å². The number of aliphatic hydroxyl groups excluding tert-OH is 2. The fourth-order valence-electron chi connectivity index (χ4n) is 4.52. The van der Waals surface area contributed by atoms with Gasteiger partial charge in [0.1, 0.15) is 5.75 Å². The molecule has 2 aliphatic rings. The van der Waals surface area contributed by atoms with Crippen molar-refractivity contribution in [2.24, 2.45) is 5.41 Å². The molecule has 144 valence electrons. The van der Waals surface area contributed by atoms with E-state index in [1.807, 2.05) is 29.2 Å². The first-order valence-corrected chi connectivity index (χ1v) is 9.48. The van der Waals surface area contributed by atoms with Crippen LogP contribution >= 0.6 is 0 Å². The molecule has 2 atom stereocenters. The van der Waals surface area contributed by atoms with E-state index in [1.165, 1.54) is 0 Å². The van der Waals surface area contributed by atoms with Crippen LogP contribution in [0.5, 0.6) is 5.75 Å². The summed E-state index contributed by atoms with van der Waals surface area (Å²) >= 11 is 0. The Morgan fingerprint density at radius 2 is 2.00 bits per heavy atom. The Hall–Kier alpha value is -1.63. The molecule has 3 rings (SSSR count). The van der Waals surface area contributed by atoms with Crippen LogP contribution in [0.3, 0.4) is 0 Å². The highest BCUT2D eigenvalue weighted by Gasteiger charge is 2.47. The molecule has 2 N–H and O–H groups in total. The van der Waals surface area contributed by atoms with Gasteiger partial charge in [0, 0.05) is 31.1 Å². The van der Waals surface area contributed by atoms with E-state index in [0.29, 0.717) is 26.1 Å². The molecule has 0 saturated carbocycles. The van der Waals surface area contributed by atoms with Crippen molar-refractivity contribution < 1.29 is 19.7 Å². The third kappa shape index (κ3) is 3.87. The number of benzene rings is 1. The average Bonchev–Trinajstić information content (AvgIpc) is 2.68. The van der Waals surface area contributed by atoms with Gasteiger partial charge in [-0.25, -0.2) is 0 Å². The Morgan fingerprint density at radius 3 is 2.65 bits per heavy atom. The highest BCUT2D eigenvalue weighted by molar-refractivity contribution is 5.79. The summed E-state index contributed by atoms with van der Waals surface area (Å²) in [6.45, 7) is 3.12. The van der Waals surface area contributed by atoms with E-state index < -0.39 is 0 Å². The number of methoxy groups -OCH3 is 1. The second-order valence-corrected chi connectivity index (χ2v) is 7.51. The summed E-state index contributed by atoms with van der Waals surface area (Å²) in [4.78, 5) is 17.0. The fourth-order valence-corrected chi connectivity index (χ4v) is 4.52. The van der Waals surface area contributed by atoms with Gasteiger partial charge in [-0.3, -0.25) is 9.69 Å². The number of rotatable bonds is 6. The van der Waals surface area contributed by atoms with Crippen molar-refractivity contribution in [1.82, 2.24) is 9.80 Å². The van der Waals surface area contributed by atoms with Crippen molar-refractivity contribution in [3.63, 3.8) is 0 Å². The lowest BCUT2D eigenvalue weighted by Gasteiger charge is -2.54. The summed E-state index contributed by atoms with van der Waals surface area (Å²) < 4.78 is 5.16. The maximum Gasteiger partial charge on any atom is 0.227 e. The van der Waals surface area contributed by atoms with E-state index in [1.54, 1.807) is 7.11 Å². The molecule has 2 aliphatic heterocycles. The maximum absolute atomic E-state index is 12.8. The third-order valence-corrected chi connectivity index (χ3v) is 6.11. The van der Waals surface area contributed by atoms with Crippen LogP contribution in [-0.4, -0.2) is 78.5 Å². The minimum atomic E-state index is -0.135. The molecule has 1 aromatic rings. The van der Waals surface area contributed by atoms with Gasteiger partial charge >= 0.3 is 0 Å². The standard InChI is InChI=1S/C20H30N2O4/c1-26-17-5-3-16(4-6-17)13-19(25)22-10-8-20(15-24)7-2-9-21(11-12-23)18(20)14-22/h3-6,18,23-24H,2,7-15H2,1H3/t18-,20-/m1/s1. The zero-order valence-corrected chi connectivity index (χ0v) is 15.6. The van der Waals surface area contributed by atoms with Crippen molar-refractivity contribution in [2.45, 2.75) is 31.7 Å². The predicted octanol–water partition coefficient (Wildman–Crippen LogP) is 0.905. The molecule has 0 bridgehead atoms. The Balaban J connectivity index is 1.68. The van der Waals surface area contributed by atoms with Gasteiger partial charge in [0.25, 0.3) is 0 Å². The molecule has 0 aromatic heterocycles. The maximum atomic E-state index is 12.8. The van der Waals surface area contributed by atoms with Crippen molar-refractivity contribution in [2.75, 3.05) is 46.5 Å². The monoisotopic (exact) mass is 362 g/mol. The second kappa shape index (κ2) is 8.37. The normalized spacial score (nSPS) is 26.4. The Labute approximate surface area is 155 Å². The largest absolute Gasteiger partial charge is 0.497 e. The van der Waals surface area contributed by atoms with E-state index in [0.717, 1.165) is 37.1 Å². The molecular weight excluding hydrogens is 332 g/mol. The summed E-state index contributed by atoms with van der Waals surface area (Å²) in [6.07, 6.45) is 3.24. The van der Waals surface area contributed by atoms with Gasteiger partial charge in [0.15, 0.2) is 0 Å². The molecule has 0 unspecified atom stereocenters. The number of amides is 1. The number of aliphatic hydroxyl groups is 2. The number of β-amino-alcohol motifs (C(OH)–C–C–N with tert-alkyl or cyclic N) is 1. The zero-order valence-electron chi connectivity index (χ0n) is 15.6. The average molecular weight is 362 g/mol. The first-order chi connectivity index (χ1) is 12.6. The number of hydrogen-bond donors (Lipinski definition) is 2. The zero-order chi connectivity index (χ0) is 18.6. The van der Waals surface area contributed by atoms with E-state index in [2.05, 4.69) is 4.90 Å². The topological polar surface area (TPSA) is 73.2 Å². The van der Waals surface area contributed by atoms with Crippen LogP contribution in [-0.2, 0) is 11.2 Å². The molecule has 0 aliphatic carbocycles. The van der Waals surface area contributed by atoms with Gasteiger partial charge in [-0.05, 0) is 43.5 Å². The lowest BCUT2D eigenvalue weighted by atomic mass is 9.69. The highest BCUT2D eigenvalue weighted by Crippen LogP contribution is 2.42. The molecule has 6 heteroatoms. The van der Waals surface area contributed by atoms with E-state index in [9.17, 15) is 15.0 Å².